The van der Waals surface area contributed by atoms with Crippen LogP contribution in [0.4, 0.5) is 0 Å². The zero-order chi connectivity index (χ0) is 12.6. The standard InChI is InChI=1S/C12H25NO2S/c1-6-13-11-10(7-8-12(11,4)5)16(14,15)9(2)3/h9-11,13H,6-8H2,1-5H3. The maximum Gasteiger partial charge on any atom is 0.157 e. The van der Waals surface area contributed by atoms with E-state index in [1.165, 1.54) is 0 Å². The van der Waals surface area contributed by atoms with Gasteiger partial charge in [-0.3, -0.25) is 0 Å². The van der Waals surface area contributed by atoms with E-state index in [-0.39, 0.29) is 22.0 Å². The van der Waals surface area contributed by atoms with Gasteiger partial charge in [0.25, 0.3) is 0 Å². The van der Waals surface area contributed by atoms with Crippen molar-refractivity contribution in [1.29, 1.82) is 0 Å². The van der Waals surface area contributed by atoms with Gasteiger partial charge in [0.05, 0.1) is 10.5 Å². The van der Waals surface area contributed by atoms with E-state index in [1.807, 2.05) is 6.92 Å². The van der Waals surface area contributed by atoms with E-state index in [4.69, 9.17) is 0 Å². The summed E-state index contributed by atoms with van der Waals surface area (Å²) in [5.41, 5.74) is 0.0859. The fraction of sp³-hybridized carbons (Fsp3) is 1.00. The fourth-order valence-corrected chi connectivity index (χ4v) is 4.66. The van der Waals surface area contributed by atoms with Crippen LogP contribution in [-0.2, 0) is 9.84 Å². The van der Waals surface area contributed by atoms with Crippen LogP contribution in [0.5, 0.6) is 0 Å². The molecule has 0 aromatic heterocycles. The molecule has 96 valence electrons. The largest absolute Gasteiger partial charge is 0.312 e. The monoisotopic (exact) mass is 247 g/mol. The van der Waals surface area contributed by atoms with Gasteiger partial charge in [-0.15, -0.1) is 0 Å². The molecule has 0 aliphatic heterocycles. The van der Waals surface area contributed by atoms with E-state index < -0.39 is 9.84 Å². The zero-order valence-electron chi connectivity index (χ0n) is 11.1. The highest BCUT2D eigenvalue weighted by Crippen LogP contribution is 2.41. The quantitative estimate of drug-likeness (QED) is 0.826. The molecular weight excluding hydrogens is 222 g/mol. The van der Waals surface area contributed by atoms with Crippen molar-refractivity contribution in [2.75, 3.05) is 6.54 Å². The number of nitrogens with one attached hydrogen (secondary N) is 1. The Morgan fingerprint density at radius 2 is 1.94 bits per heavy atom. The third-order valence-electron chi connectivity index (χ3n) is 3.79. The lowest BCUT2D eigenvalue weighted by Crippen LogP contribution is -2.48. The van der Waals surface area contributed by atoms with Crippen molar-refractivity contribution >= 4 is 9.84 Å². The second-order valence-corrected chi connectivity index (χ2v) is 8.47. The summed E-state index contributed by atoms with van der Waals surface area (Å²) in [6.45, 7) is 10.8. The van der Waals surface area contributed by atoms with Crippen LogP contribution in [-0.4, -0.2) is 31.5 Å². The van der Waals surface area contributed by atoms with E-state index in [9.17, 15) is 8.42 Å². The molecule has 2 unspecified atom stereocenters. The molecule has 2 atom stereocenters. The predicted molar refractivity (Wildman–Crippen MR) is 68.3 cm³/mol. The molecule has 1 fully saturated rings. The van der Waals surface area contributed by atoms with Crippen LogP contribution in [0.1, 0.15) is 47.5 Å². The molecule has 4 heteroatoms. The molecule has 3 nitrogen and oxygen atoms in total. The van der Waals surface area contributed by atoms with Crippen LogP contribution in [0.25, 0.3) is 0 Å². The Kier molecular flexibility index (Phi) is 4.06. The maximum absolute atomic E-state index is 12.3. The maximum atomic E-state index is 12.3. The molecule has 0 aromatic carbocycles. The van der Waals surface area contributed by atoms with Crippen LogP contribution >= 0.6 is 0 Å². The molecule has 0 aromatic rings. The van der Waals surface area contributed by atoms with Gasteiger partial charge in [-0.25, -0.2) is 8.42 Å². The molecule has 16 heavy (non-hydrogen) atoms. The van der Waals surface area contributed by atoms with Gasteiger partial charge >= 0.3 is 0 Å². The van der Waals surface area contributed by atoms with Crippen LogP contribution < -0.4 is 5.32 Å². The summed E-state index contributed by atoms with van der Waals surface area (Å²) in [5.74, 6) is 0. The average molecular weight is 247 g/mol. The first-order valence-corrected chi connectivity index (χ1v) is 7.80. The molecule has 0 heterocycles. The van der Waals surface area contributed by atoms with Crippen molar-refractivity contribution in [3.05, 3.63) is 0 Å². The summed E-state index contributed by atoms with van der Waals surface area (Å²) in [6, 6.07) is 0.102. The summed E-state index contributed by atoms with van der Waals surface area (Å²) in [7, 11) is -2.98. The number of sulfone groups is 1. The smallest absolute Gasteiger partial charge is 0.157 e. The Bertz CT molecular complexity index is 333. The molecule has 1 N–H and O–H groups in total. The van der Waals surface area contributed by atoms with Crippen LogP contribution in [0.3, 0.4) is 0 Å². The van der Waals surface area contributed by atoms with Gasteiger partial charge in [-0.1, -0.05) is 20.8 Å². The fourth-order valence-electron chi connectivity index (χ4n) is 2.67. The topological polar surface area (TPSA) is 46.2 Å². The van der Waals surface area contributed by atoms with Gasteiger partial charge in [-0.2, -0.15) is 0 Å². The van der Waals surface area contributed by atoms with Crippen molar-refractivity contribution in [1.82, 2.24) is 5.32 Å². The molecule has 0 bridgehead atoms. The summed E-state index contributed by atoms with van der Waals surface area (Å²) >= 11 is 0. The second-order valence-electron chi connectivity index (χ2n) is 5.74. The van der Waals surface area contributed by atoms with Crippen LogP contribution in [0, 0.1) is 5.41 Å². The molecule has 1 aliphatic carbocycles. The summed E-state index contributed by atoms with van der Waals surface area (Å²) in [6.07, 6.45) is 1.78. The second kappa shape index (κ2) is 4.65. The Morgan fingerprint density at radius 3 is 2.38 bits per heavy atom. The predicted octanol–water partition coefficient (Wildman–Crippen LogP) is 1.98. The Balaban J connectivity index is 2.98. The molecule has 1 aliphatic rings. The Labute approximate surface area is 99.9 Å². The van der Waals surface area contributed by atoms with E-state index in [2.05, 4.69) is 19.2 Å². The van der Waals surface area contributed by atoms with Gasteiger partial charge in [0.15, 0.2) is 9.84 Å². The van der Waals surface area contributed by atoms with Gasteiger partial charge in [0.2, 0.25) is 0 Å². The molecule has 0 saturated heterocycles. The lowest BCUT2D eigenvalue weighted by atomic mass is 9.87. The Morgan fingerprint density at radius 1 is 1.38 bits per heavy atom. The SMILES string of the molecule is CCNC1C(S(=O)(=O)C(C)C)CCC1(C)C. The number of hydrogen-bond donors (Lipinski definition) is 1. The van der Waals surface area contributed by atoms with Gasteiger partial charge in [-0.05, 0) is 38.6 Å². The van der Waals surface area contributed by atoms with Crippen molar-refractivity contribution in [2.45, 2.75) is 64.0 Å². The molecule has 0 amide bonds. The first-order valence-electron chi connectivity index (χ1n) is 6.19. The van der Waals surface area contributed by atoms with E-state index in [0.717, 1.165) is 19.4 Å². The van der Waals surface area contributed by atoms with Gasteiger partial charge in [0.1, 0.15) is 0 Å². The van der Waals surface area contributed by atoms with Gasteiger partial charge in [0, 0.05) is 6.04 Å². The van der Waals surface area contributed by atoms with Crippen molar-refractivity contribution < 1.29 is 8.42 Å². The van der Waals surface area contributed by atoms with Gasteiger partial charge < -0.3 is 5.32 Å². The number of hydrogen-bond acceptors (Lipinski definition) is 3. The van der Waals surface area contributed by atoms with E-state index >= 15 is 0 Å². The van der Waals surface area contributed by atoms with Crippen molar-refractivity contribution in [3.63, 3.8) is 0 Å². The molecule has 0 radical (unpaired) electrons. The van der Waals surface area contributed by atoms with Crippen molar-refractivity contribution in [3.8, 4) is 0 Å². The normalized spacial score (nSPS) is 29.9. The highest BCUT2D eigenvalue weighted by Gasteiger charge is 2.47. The minimum atomic E-state index is -2.98. The zero-order valence-corrected chi connectivity index (χ0v) is 11.9. The van der Waals surface area contributed by atoms with E-state index in [0.29, 0.717) is 0 Å². The molecule has 0 spiro atoms. The summed E-state index contributed by atoms with van der Waals surface area (Å²) in [4.78, 5) is 0. The molecule has 1 saturated carbocycles. The highest BCUT2D eigenvalue weighted by atomic mass is 32.2. The molecule has 1 rings (SSSR count). The van der Waals surface area contributed by atoms with Crippen LogP contribution in [0.2, 0.25) is 0 Å². The highest BCUT2D eigenvalue weighted by molar-refractivity contribution is 7.92. The average Bonchev–Trinajstić information content (AvgIpc) is 2.43. The third kappa shape index (κ3) is 2.43. The summed E-state index contributed by atoms with van der Waals surface area (Å²) in [5, 5.41) is 2.89. The Hall–Kier alpha value is -0.0900. The lowest BCUT2D eigenvalue weighted by molar-refractivity contribution is 0.288. The number of rotatable bonds is 4. The lowest BCUT2D eigenvalue weighted by Gasteiger charge is -2.31. The van der Waals surface area contributed by atoms with Crippen LogP contribution in [0.15, 0.2) is 0 Å². The first kappa shape index (κ1) is 14.0. The first-order chi connectivity index (χ1) is 7.23. The third-order valence-corrected chi connectivity index (χ3v) is 6.46. The molecular formula is C12H25NO2S. The minimum absolute atomic E-state index is 0.0859. The minimum Gasteiger partial charge on any atom is -0.312 e. The summed E-state index contributed by atoms with van der Waals surface area (Å²) < 4.78 is 24.5. The van der Waals surface area contributed by atoms with E-state index in [1.54, 1.807) is 13.8 Å². The van der Waals surface area contributed by atoms with Crippen molar-refractivity contribution in [2.24, 2.45) is 5.41 Å².